The van der Waals surface area contributed by atoms with E-state index in [9.17, 15) is 10.1 Å². The predicted molar refractivity (Wildman–Crippen MR) is 85.8 cm³/mol. The SMILES string of the molecule is CC1CCCC(C)N1C(=O)C(C#N)=Cc1ccc2c(c1)OCO2. The smallest absolute Gasteiger partial charge is 0.265 e. The van der Waals surface area contributed by atoms with Gasteiger partial charge in [0.25, 0.3) is 5.91 Å². The summed E-state index contributed by atoms with van der Waals surface area (Å²) in [5.74, 6) is 1.14. The highest BCUT2D eigenvalue weighted by atomic mass is 16.7. The van der Waals surface area contributed by atoms with Gasteiger partial charge in [0, 0.05) is 12.1 Å². The third kappa shape index (κ3) is 3.02. The minimum absolute atomic E-state index is 0.157. The van der Waals surface area contributed by atoms with E-state index >= 15 is 0 Å². The number of hydrogen-bond donors (Lipinski definition) is 0. The zero-order chi connectivity index (χ0) is 16.4. The molecule has 1 fully saturated rings. The van der Waals surface area contributed by atoms with Gasteiger partial charge in [0.15, 0.2) is 11.5 Å². The predicted octanol–water partition coefficient (Wildman–Crippen LogP) is 3.11. The van der Waals surface area contributed by atoms with Crippen molar-refractivity contribution < 1.29 is 14.3 Å². The first-order chi connectivity index (χ1) is 11.1. The molecule has 0 radical (unpaired) electrons. The van der Waals surface area contributed by atoms with Crippen LogP contribution >= 0.6 is 0 Å². The summed E-state index contributed by atoms with van der Waals surface area (Å²) in [4.78, 5) is 14.6. The summed E-state index contributed by atoms with van der Waals surface area (Å²) >= 11 is 0. The highest BCUT2D eigenvalue weighted by Gasteiger charge is 2.30. The minimum atomic E-state index is -0.190. The molecule has 0 spiro atoms. The number of carbonyl (C=O) groups is 1. The Balaban J connectivity index is 1.87. The molecular formula is C18H20N2O3. The van der Waals surface area contributed by atoms with E-state index in [0.717, 1.165) is 24.8 Å². The molecule has 1 aromatic carbocycles. The van der Waals surface area contributed by atoms with Crippen LogP contribution in [0.25, 0.3) is 6.08 Å². The van der Waals surface area contributed by atoms with Crippen molar-refractivity contribution in [2.24, 2.45) is 0 Å². The molecule has 0 bridgehead atoms. The van der Waals surface area contributed by atoms with E-state index in [4.69, 9.17) is 9.47 Å². The summed E-state index contributed by atoms with van der Waals surface area (Å²) < 4.78 is 10.6. The van der Waals surface area contributed by atoms with E-state index in [-0.39, 0.29) is 30.4 Å². The Kier molecular flexibility index (Phi) is 4.24. The average Bonchev–Trinajstić information content (AvgIpc) is 2.99. The van der Waals surface area contributed by atoms with E-state index < -0.39 is 0 Å². The average molecular weight is 312 g/mol. The van der Waals surface area contributed by atoms with Gasteiger partial charge in [-0.1, -0.05) is 6.07 Å². The Hall–Kier alpha value is -2.48. The molecule has 2 atom stereocenters. The van der Waals surface area contributed by atoms with Crippen LogP contribution in [-0.2, 0) is 4.79 Å². The third-order valence-electron chi connectivity index (χ3n) is 4.49. The number of rotatable bonds is 2. The summed E-state index contributed by atoms with van der Waals surface area (Å²) in [6, 6.07) is 7.79. The quantitative estimate of drug-likeness (QED) is 0.622. The van der Waals surface area contributed by atoms with E-state index in [2.05, 4.69) is 6.07 Å². The van der Waals surface area contributed by atoms with Gasteiger partial charge in [-0.05, 0) is 56.9 Å². The highest BCUT2D eigenvalue weighted by molar-refractivity contribution is 6.02. The Labute approximate surface area is 136 Å². The second-order valence-corrected chi connectivity index (χ2v) is 6.12. The minimum Gasteiger partial charge on any atom is -0.454 e. The van der Waals surface area contributed by atoms with Crippen LogP contribution in [0.3, 0.4) is 0 Å². The van der Waals surface area contributed by atoms with Gasteiger partial charge in [-0.25, -0.2) is 0 Å². The second-order valence-electron chi connectivity index (χ2n) is 6.12. The number of benzene rings is 1. The number of amides is 1. The molecule has 0 saturated carbocycles. The number of carbonyl (C=O) groups excluding carboxylic acids is 1. The lowest BCUT2D eigenvalue weighted by molar-refractivity contribution is -0.132. The van der Waals surface area contributed by atoms with Crippen molar-refractivity contribution in [3.63, 3.8) is 0 Å². The van der Waals surface area contributed by atoms with Crippen LogP contribution in [0.15, 0.2) is 23.8 Å². The lowest BCUT2D eigenvalue weighted by Crippen LogP contribution is -2.47. The van der Waals surface area contributed by atoms with Crippen molar-refractivity contribution in [2.75, 3.05) is 6.79 Å². The Morgan fingerprint density at radius 3 is 2.65 bits per heavy atom. The van der Waals surface area contributed by atoms with E-state index in [1.54, 1.807) is 18.2 Å². The summed E-state index contributed by atoms with van der Waals surface area (Å²) in [6.07, 6.45) is 4.72. The largest absolute Gasteiger partial charge is 0.454 e. The molecule has 1 aromatic rings. The first-order valence-electron chi connectivity index (χ1n) is 7.94. The van der Waals surface area contributed by atoms with Gasteiger partial charge >= 0.3 is 0 Å². The fraction of sp³-hybridized carbons (Fsp3) is 0.444. The maximum Gasteiger partial charge on any atom is 0.265 e. The topological polar surface area (TPSA) is 62.6 Å². The van der Waals surface area contributed by atoms with Gasteiger partial charge in [0.2, 0.25) is 6.79 Å². The zero-order valence-electron chi connectivity index (χ0n) is 13.4. The number of nitrogens with zero attached hydrogens (tertiary/aromatic N) is 2. The first-order valence-corrected chi connectivity index (χ1v) is 7.94. The summed E-state index contributed by atoms with van der Waals surface area (Å²) in [5, 5.41) is 9.43. The molecule has 5 nitrogen and oxygen atoms in total. The molecule has 0 N–H and O–H groups in total. The molecule has 1 saturated heterocycles. The molecule has 0 aliphatic carbocycles. The monoisotopic (exact) mass is 312 g/mol. The van der Waals surface area contributed by atoms with Crippen molar-refractivity contribution in [3.05, 3.63) is 29.3 Å². The van der Waals surface area contributed by atoms with E-state index in [1.807, 2.05) is 24.8 Å². The molecule has 2 heterocycles. The van der Waals surface area contributed by atoms with E-state index in [1.165, 1.54) is 0 Å². The van der Waals surface area contributed by atoms with Crippen molar-refractivity contribution in [1.29, 1.82) is 5.26 Å². The van der Waals surface area contributed by atoms with Gasteiger partial charge in [-0.15, -0.1) is 0 Å². The summed E-state index contributed by atoms with van der Waals surface area (Å²) in [7, 11) is 0. The van der Waals surface area contributed by atoms with Gasteiger partial charge in [-0.2, -0.15) is 5.26 Å². The maximum atomic E-state index is 12.8. The van der Waals surface area contributed by atoms with Crippen LogP contribution in [0.2, 0.25) is 0 Å². The zero-order valence-corrected chi connectivity index (χ0v) is 13.4. The fourth-order valence-electron chi connectivity index (χ4n) is 3.27. The molecular weight excluding hydrogens is 292 g/mol. The molecule has 2 unspecified atom stereocenters. The van der Waals surface area contributed by atoms with Crippen LogP contribution in [-0.4, -0.2) is 29.7 Å². The van der Waals surface area contributed by atoms with Crippen LogP contribution in [0, 0.1) is 11.3 Å². The van der Waals surface area contributed by atoms with Crippen LogP contribution in [0.1, 0.15) is 38.7 Å². The Bertz CT molecular complexity index is 680. The maximum absolute atomic E-state index is 12.8. The molecule has 3 rings (SSSR count). The third-order valence-corrected chi connectivity index (χ3v) is 4.49. The fourth-order valence-corrected chi connectivity index (χ4v) is 3.27. The number of nitriles is 1. The van der Waals surface area contributed by atoms with Crippen molar-refractivity contribution >= 4 is 12.0 Å². The van der Waals surface area contributed by atoms with Crippen molar-refractivity contribution in [2.45, 2.75) is 45.2 Å². The summed E-state index contributed by atoms with van der Waals surface area (Å²) in [6.45, 7) is 4.29. The Morgan fingerprint density at radius 2 is 1.96 bits per heavy atom. The van der Waals surface area contributed by atoms with Gasteiger partial charge in [0.05, 0.1) is 0 Å². The lowest BCUT2D eigenvalue weighted by atomic mass is 9.96. The van der Waals surface area contributed by atoms with Crippen molar-refractivity contribution in [3.8, 4) is 17.6 Å². The molecule has 0 aromatic heterocycles. The Morgan fingerprint density at radius 1 is 1.26 bits per heavy atom. The molecule has 2 aliphatic rings. The van der Waals surface area contributed by atoms with Crippen LogP contribution in [0.4, 0.5) is 0 Å². The van der Waals surface area contributed by atoms with Gasteiger partial charge in [0.1, 0.15) is 11.6 Å². The first kappa shape index (κ1) is 15.4. The number of ether oxygens (including phenoxy) is 2. The summed E-state index contributed by atoms with van der Waals surface area (Å²) in [5.41, 5.74) is 0.918. The molecule has 2 aliphatic heterocycles. The van der Waals surface area contributed by atoms with Crippen LogP contribution < -0.4 is 9.47 Å². The standard InChI is InChI=1S/C18H20N2O3/c1-12-4-3-5-13(2)20(12)18(21)15(10-19)8-14-6-7-16-17(9-14)23-11-22-16/h6-9,12-13H,3-5,11H2,1-2H3. The molecule has 5 heteroatoms. The van der Waals surface area contributed by atoms with E-state index in [0.29, 0.717) is 11.5 Å². The van der Waals surface area contributed by atoms with Gasteiger partial charge in [-0.3, -0.25) is 4.79 Å². The molecule has 23 heavy (non-hydrogen) atoms. The van der Waals surface area contributed by atoms with Crippen LogP contribution in [0.5, 0.6) is 11.5 Å². The molecule has 120 valence electrons. The normalized spacial score (nSPS) is 23.5. The highest BCUT2D eigenvalue weighted by Crippen LogP contribution is 2.33. The number of piperidine rings is 1. The lowest BCUT2D eigenvalue weighted by Gasteiger charge is -2.38. The number of fused-ring (bicyclic) bond motifs is 1. The van der Waals surface area contributed by atoms with Gasteiger partial charge < -0.3 is 14.4 Å². The number of hydrogen-bond acceptors (Lipinski definition) is 4. The van der Waals surface area contributed by atoms with Crippen molar-refractivity contribution in [1.82, 2.24) is 4.90 Å². The second kappa shape index (κ2) is 6.33. The molecule has 1 amide bonds. The number of likely N-dealkylation sites (tertiary alicyclic amines) is 1.